The Balaban J connectivity index is 2.36. The van der Waals surface area contributed by atoms with Crippen molar-refractivity contribution in [3.8, 4) is 11.5 Å². The number of carbonyl (C=O) groups is 1. The van der Waals surface area contributed by atoms with Crippen LogP contribution in [0.3, 0.4) is 0 Å². The molecule has 0 fully saturated rings. The minimum atomic E-state index is -3.82. The zero-order valence-electron chi connectivity index (χ0n) is 13.9. The Morgan fingerprint density at radius 3 is 2.48 bits per heavy atom. The maximum Gasteiger partial charge on any atom is 0.343 e. The van der Waals surface area contributed by atoms with Crippen LogP contribution in [0.25, 0.3) is 0 Å². The van der Waals surface area contributed by atoms with Crippen molar-refractivity contribution in [1.29, 1.82) is 0 Å². The first-order chi connectivity index (χ1) is 11.7. The van der Waals surface area contributed by atoms with Crippen LogP contribution in [0.2, 0.25) is 0 Å². The second kappa shape index (κ2) is 8.15. The van der Waals surface area contributed by atoms with Crippen LogP contribution in [0, 0.1) is 3.57 Å². The van der Waals surface area contributed by atoms with E-state index in [1.165, 1.54) is 25.3 Å². The van der Waals surface area contributed by atoms with Crippen molar-refractivity contribution in [2.24, 2.45) is 0 Å². The van der Waals surface area contributed by atoms with Gasteiger partial charge in [-0.1, -0.05) is 6.07 Å². The van der Waals surface area contributed by atoms with Gasteiger partial charge in [-0.15, -0.1) is 0 Å². The van der Waals surface area contributed by atoms with Gasteiger partial charge in [0.05, 0.1) is 12.7 Å². The standard InChI is InChI=1S/C17H18INO5S/c1-11(2)19-25(21,22)16-9-12(7-8-15(16)23-3)17(20)24-14-6-4-5-13(18)10-14/h4-11,19H,1-3H3. The minimum Gasteiger partial charge on any atom is -0.495 e. The average Bonchev–Trinajstić information content (AvgIpc) is 2.53. The Morgan fingerprint density at radius 2 is 1.88 bits per heavy atom. The molecule has 0 unspecified atom stereocenters. The number of rotatable bonds is 6. The van der Waals surface area contributed by atoms with Gasteiger partial charge >= 0.3 is 5.97 Å². The van der Waals surface area contributed by atoms with Gasteiger partial charge in [0.2, 0.25) is 10.0 Å². The molecule has 0 heterocycles. The maximum atomic E-state index is 12.5. The monoisotopic (exact) mass is 475 g/mol. The highest BCUT2D eigenvalue weighted by molar-refractivity contribution is 14.1. The third kappa shape index (κ3) is 5.16. The summed E-state index contributed by atoms with van der Waals surface area (Å²) in [7, 11) is -2.45. The number of esters is 1. The molecule has 0 saturated heterocycles. The number of benzene rings is 2. The fourth-order valence-corrected chi connectivity index (χ4v) is 4.04. The van der Waals surface area contributed by atoms with Gasteiger partial charge in [0.1, 0.15) is 16.4 Å². The van der Waals surface area contributed by atoms with E-state index < -0.39 is 16.0 Å². The van der Waals surface area contributed by atoms with Crippen LogP contribution in [0.4, 0.5) is 0 Å². The molecule has 1 N–H and O–H groups in total. The predicted molar refractivity (Wildman–Crippen MR) is 103 cm³/mol. The fourth-order valence-electron chi connectivity index (χ4n) is 2.08. The molecule has 0 aliphatic carbocycles. The van der Waals surface area contributed by atoms with E-state index in [1.807, 2.05) is 6.07 Å². The largest absolute Gasteiger partial charge is 0.495 e. The zero-order chi connectivity index (χ0) is 18.6. The summed E-state index contributed by atoms with van der Waals surface area (Å²) in [4.78, 5) is 12.2. The number of nitrogens with one attached hydrogen (secondary N) is 1. The van der Waals surface area contributed by atoms with E-state index in [0.29, 0.717) is 5.75 Å². The number of hydrogen-bond donors (Lipinski definition) is 1. The van der Waals surface area contributed by atoms with Crippen LogP contribution in [0.1, 0.15) is 24.2 Å². The van der Waals surface area contributed by atoms with Gasteiger partial charge in [-0.2, -0.15) is 0 Å². The van der Waals surface area contributed by atoms with Crippen molar-refractivity contribution >= 4 is 38.6 Å². The predicted octanol–water partition coefficient (Wildman–Crippen LogP) is 3.21. The molecular weight excluding hydrogens is 457 g/mol. The lowest BCUT2D eigenvalue weighted by Crippen LogP contribution is -2.30. The molecule has 0 atom stereocenters. The summed E-state index contributed by atoms with van der Waals surface area (Å²) in [6.45, 7) is 3.42. The lowest BCUT2D eigenvalue weighted by Gasteiger charge is -2.14. The number of halogens is 1. The Bertz CT molecular complexity index is 880. The molecule has 0 bridgehead atoms. The van der Waals surface area contributed by atoms with Gasteiger partial charge in [0.15, 0.2) is 0 Å². The second-order valence-corrected chi connectivity index (χ2v) is 8.42. The molecule has 0 spiro atoms. The number of sulfonamides is 1. The molecular formula is C17H18INO5S. The Morgan fingerprint density at radius 1 is 1.16 bits per heavy atom. The first-order valence-corrected chi connectivity index (χ1v) is 9.97. The SMILES string of the molecule is COc1ccc(C(=O)Oc2cccc(I)c2)cc1S(=O)(=O)NC(C)C. The summed E-state index contributed by atoms with van der Waals surface area (Å²) >= 11 is 2.11. The highest BCUT2D eigenvalue weighted by Crippen LogP contribution is 2.26. The normalized spacial score (nSPS) is 11.4. The number of carbonyl (C=O) groups excluding carboxylic acids is 1. The molecule has 134 valence electrons. The Hall–Kier alpha value is -1.65. The summed E-state index contributed by atoms with van der Waals surface area (Å²) in [5.74, 6) is -0.109. The van der Waals surface area contributed by atoms with Crippen molar-refractivity contribution in [2.75, 3.05) is 7.11 Å². The van der Waals surface area contributed by atoms with Gasteiger partial charge in [-0.25, -0.2) is 17.9 Å². The molecule has 0 amide bonds. The highest BCUT2D eigenvalue weighted by atomic mass is 127. The second-order valence-electron chi connectivity index (χ2n) is 5.49. The van der Waals surface area contributed by atoms with E-state index in [1.54, 1.807) is 32.0 Å². The van der Waals surface area contributed by atoms with Crippen LogP contribution >= 0.6 is 22.6 Å². The quantitative estimate of drug-likeness (QED) is 0.394. The summed E-state index contributed by atoms with van der Waals surface area (Å²) in [5.41, 5.74) is 0.115. The lowest BCUT2D eigenvalue weighted by atomic mass is 10.2. The van der Waals surface area contributed by atoms with Crippen molar-refractivity contribution in [3.05, 3.63) is 51.6 Å². The van der Waals surface area contributed by atoms with E-state index in [9.17, 15) is 13.2 Å². The summed E-state index contributed by atoms with van der Waals surface area (Å²) < 4.78 is 38.7. The average molecular weight is 475 g/mol. The van der Waals surface area contributed by atoms with Crippen molar-refractivity contribution in [3.63, 3.8) is 0 Å². The van der Waals surface area contributed by atoms with Gasteiger partial charge in [0.25, 0.3) is 0 Å². The molecule has 0 aromatic heterocycles. The Kier molecular flexibility index (Phi) is 6.42. The first kappa shape index (κ1) is 19.7. The molecule has 0 radical (unpaired) electrons. The first-order valence-electron chi connectivity index (χ1n) is 7.41. The third-order valence-electron chi connectivity index (χ3n) is 3.09. The molecule has 0 saturated carbocycles. The van der Waals surface area contributed by atoms with Gasteiger partial charge < -0.3 is 9.47 Å². The maximum absolute atomic E-state index is 12.5. The molecule has 0 aliphatic rings. The fraction of sp³-hybridized carbons (Fsp3) is 0.235. The molecule has 25 heavy (non-hydrogen) atoms. The number of hydrogen-bond acceptors (Lipinski definition) is 5. The van der Waals surface area contributed by atoms with Crippen molar-refractivity contribution in [1.82, 2.24) is 4.72 Å². The molecule has 2 aromatic rings. The topological polar surface area (TPSA) is 81.7 Å². The van der Waals surface area contributed by atoms with Crippen LogP contribution in [-0.2, 0) is 10.0 Å². The summed E-state index contributed by atoms with van der Waals surface area (Å²) in [6.07, 6.45) is 0. The van der Waals surface area contributed by atoms with Crippen molar-refractivity contribution < 1.29 is 22.7 Å². The minimum absolute atomic E-state index is 0.110. The summed E-state index contributed by atoms with van der Waals surface area (Å²) in [6, 6.07) is 10.8. The Labute approximate surface area is 160 Å². The van der Waals surface area contributed by atoms with Crippen molar-refractivity contribution in [2.45, 2.75) is 24.8 Å². The smallest absolute Gasteiger partial charge is 0.343 e. The molecule has 8 heteroatoms. The highest BCUT2D eigenvalue weighted by Gasteiger charge is 2.23. The molecule has 6 nitrogen and oxygen atoms in total. The molecule has 2 aromatic carbocycles. The third-order valence-corrected chi connectivity index (χ3v) is 5.44. The van der Waals surface area contributed by atoms with Gasteiger partial charge in [-0.05, 0) is 72.8 Å². The zero-order valence-corrected chi connectivity index (χ0v) is 16.9. The summed E-state index contributed by atoms with van der Waals surface area (Å²) in [5, 5.41) is 0. The number of ether oxygens (including phenoxy) is 2. The van der Waals surface area contributed by atoms with Crippen LogP contribution in [0.5, 0.6) is 11.5 Å². The van der Waals surface area contributed by atoms with Gasteiger partial charge in [-0.3, -0.25) is 0 Å². The molecule has 2 rings (SSSR count). The van der Waals surface area contributed by atoms with E-state index in [2.05, 4.69) is 27.3 Å². The van der Waals surface area contributed by atoms with E-state index in [4.69, 9.17) is 9.47 Å². The molecule has 0 aliphatic heterocycles. The van der Waals surface area contributed by atoms with Crippen LogP contribution in [-0.4, -0.2) is 27.5 Å². The lowest BCUT2D eigenvalue weighted by molar-refractivity contribution is 0.0734. The van der Waals surface area contributed by atoms with E-state index >= 15 is 0 Å². The van der Waals surface area contributed by atoms with E-state index in [0.717, 1.165) is 3.57 Å². The van der Waals surface area contributed by atoms with Crippen LogP contribution in [0.15, 0.2) is 47.4 Å². The van der Waals surface area contributed by atoms with Gasteiger partial charge in [0, 0.05) is 9.61 Å². The van der Waals surface area contributed by atoms with Crippen LogP contribution < -0.4 is 14.2 Å². The number of methoxy groups -OCH3 is 1. The van der Waals surface area contributed by atoms with E-state index in [-0.39, 0.29) is 22.3 Å².